The molecule has 3 aromatic rings. The van der Waals surface area contributed by atoms with Crippen molar-refractivity contribution in [3.05, 3.63) is 72.4 Å². The second kappa shape index (κ2) is 11.1. The van der Waals surface area contributed by atoms with E-state index in [2.05, 4.69) is 40.5 Å². The van der Waals surface area contributed by atoms with Crippen molar-refractivity contribution in [3.8, 4) is 16.9 Å². The fourth-order valence-corrected chi connectivity index (χ4v) is 4.08. The number of amides is 1. The zero-order chi connectivity index (χ0) is 22.2. The molecule has 0 atom stereocenters. The van der Waals surface area contributed by atoms with Gasteiger partial charge in [0.15, 0.2) is 0 Å². The molecule has 0 unspecified atom stereocenters. The molecule has 6 heteroatoms. The lowest BCUT2D eigenvalue weighted by Gasteiger charge is -2.32. The van der Waals surface area contributed by atoms with Crippen LogP contribution < -0.4 is 5.32 Å². The van der Waals surface area contributed by atoms with E-state index < -0.39 is 0 Å². The summed E-state index contributed by atoms with van der Waals surface area (Å²) >= 11 is 0. The number of likely N-dealkylation sites (N-methyl/N-ethyl adjacent to an activating group) is 1. The van der Waals surface area contributed by atoms with Crippen molar-refractivity contribution in [1.29, 1.82) is 0 Å². The van der Waals surface area contributed by atoms with Gasteiger partial charge in [-0.15, -0.1) is 0 Å². The van der Waals surface area contributed by atoms with Gasteiger partial charge in [-0.05, 0) is 44.1 Å². The lowest BCUT2D eigenvalue weighted by atomic mass is 10.0. The van der Waals surface area contributed by atoms with Gasteiger partial charge in [-0.1, -0.05) is 48.5 Å². The molecule has 6 nitrogen and oxygen atoms in total. The number of aryl methyl sites for hydroxylation is 1. The van der Waals surface area contributed by atoms with Crippen molar-refractivity contribution in [1.82, 2.24) is 24.9 Å². The number of nitrogens with zero attached hydrogens (tertiary/aromatic N) is 4. The van der Waals surface area contributed by atoms with Crippen LogP contribution in [0, 0.1) is 0 Å². The minimum absolute atomic E-state index is 0.106. The molecule has 0 spiro atoms. The van der Waals surface area contributed by atoms with Gasteiger partial charge in [-0.2, -0.15) is 5.10 Å². The Morgan fingerprint density at radius 1 is 0.969 bits per heavy atom. The first-order valence-electron chi connectivity index (χ1n) is 11.6. The summed E-state index contributed by atoms with van der Waals surface area (Å²) in [5.74, 6) is 0.106. The highest BCUT2D eigenvalue weighted by Gasteiger charge is 2.15. The molecule has 1 fully saturated rings. The monoisotopic (exact) mass is 431 g/mol. The number of hydrogen-bond donors (Lipinski definition) is 1. The average molecular weight is 432 g/mol. The summed E-state index contributed by atoms with van der Waals surface area (Å²) in [7, 11) is 2.17. The van der Waals surface area contributed by atoms with E-state index in [1.807, 2.05) is 53.2 Å². The van der Waals surface area contributed by atoms with Crippen LogP contribution in [-0.2, 0) is 11.2 Å². The predicted molar refractivity (Wildman–Crippen MR) is 129 cm³/mol. The Labute approximate surface area is 190 Å². The van der Waals surface area contributed by atoms with E-state index in [1.54, 1.807) is 0 Å². The van der Waals surface area contributed by atoms with E-state index in [1.165, 1.54) is 0 Å². The van der Waals surface area contributed by atoms with Crippen molar-refractivity contribution in [2.45, 2.75) is 19.3 Å². The Hall–Kier alpha value is -2.96. The van der Waals surface area contributed by atoms with Gasteiger partial charge in [0.25, 0.3) is 0 Å². The first-order chi connectivity index (χ1) is 15.7. The van der Waals surface area contributed by atoms with Crippen LogP contribution in [0.4, 0.5) is 0 Å². The molecule has 1 aliphatic heterocycles. The van der Waals surface area contributed by atoms with E-state index in [4.69, 9.17) is 5.10 Å². The molecule has 4 rings (SSSR count). The average Bonchev–Trinajstić information content (AvgIpc) is 3.27. The van der Waals surface area contributed by atoms with Gasteiger partial charge in [-0.3, -0.25) is 4.79 Å². The number of nitrogens with one attached hydrogen (secondary N) is 1. The molecule has 1 N–H and O–H groups in total. The summed E-state index contributed by atoms with van der Waals surface area (Å²) in [6.45, 7) is 6.30. The Kier molecular flexibility index (Phi) is 7.69. The molecule has 1 aromatic heterocycles. The summed E-state index contributed by atoms with van der Waals surface area (Å²) in [6.07, 6.45) is 4.19. The van der Waals surface area contributed by atoms with E-state index >= 15 is 0 Å². The molecule has 1 amide bonds. The third-order valence-electron chi connectivity index (χ3n) is 6.05. The summed E-state index contributed by atoms with van der Waals surface area (Å²) < 4.78 is 1.91. The first-order valence-corrected chi connectivity index (χ1v) is 11.6. The van der Waals surface area contributed by atoms with Gasteiger partial charge in [0.05, 0.1) is 11.4 Å². The number of rotatable bonds is 9. The van der Waals surface area contributed by atoms with E-state index in [0.717, 1.165) is 68.2 Å². The minimum atomic E-state index is 0.106. The Morgan fingerprint density at radius 2 is 1.66 bits per heavy atom. The maximum Gasteiger partial charge on any atom is 0.220 e. The van der Waals surface area contributed by atoms with Crippen LogP contribution in [-0.4, -0.2) is 71.8 Å². The van der Waals surface area contributed by atoms with Crippen molar-refractivity contribution >= 4 is 5.91 Å². The largest absolute Gasteiger partial charge is 0.356 e. The molecule has 2 aromatic carbocycles. The van der Waals surface area contributed by atoms with Crippen molar-refractivity contribution in [2.24, 2.45) is 0 Å². The van der Waals surface area contributed by atoms with Crippen molar-refractivity contribution in [3.63, 3.8) is 0 Å². The molecule has 1 aliphatic rings. The quantitative estimate of drug-likeness (QED) is 0.529. The first kappa shape index (κ1) is 22.2. The van der Waals surface area contributed by atoms with Gasteiger partial charge in [0.2, 0.25) is 5.91 Å². The van der Waals surface area contributed by atoms with Crippen molar-refractivity contribution in [2.75, 3.05) is 46.3 Å². The van der Waals surface area contributed by atoms with Crippen LogP contribution in [0.25, 0.3) is 16.9 Å². The fourth-order valence-electron chi connectivity index (χ4n) is 4.08. The lowest BCUT2D eigenvalue weighted by molar-refractivity contribution is -0.121. The van der Waals surface area contributed by atoms with E-state index in [-0.39, 0.29) is 5.91 Å². The Balaban J connectivity index is 1.32. The maximum atomic E-state index is 12.5. The number of piperazine rings is 1. The number of para-hydroxylation sites is 1. The summed E-state index contributed by atoms with van der Waals surface area (Å²) in [4.78, 5) is 17.3. The van der Waals surface area contributed by atoms with Gasteiger partial charge < -0.3 is 15.1 Å². The molecule has 1 saturated heterocycles. The fraction of sp³-hybridized carbons (Fsp3) is 0.385. The van der Waals surface area contributed by atoms with Crippen LogP contribution in [0.1, 0.15) is 18.4 Å². The van der Waals surface area contributed by atoms with Crippen LogP contribution in [0.5, 0.6) is 0 Å². The molecule has 0 saturated carbocycles. The van der Waals surface area contributed by atoms with Gasteiger partial charge in [0.1, 0.15) is 0 Å². The zero-order valence-electron chi connectivity index (χ0n) is 18.9. The van der Waals surface area contributed by atoms with Crippen LogP contribution >= 0.6 is 0 Å². The third kappa shape index (κ3) is 6.05. The molecule has 0 aliphatic carbocycles. The second-order valence-corrected chi connectivity index (χ2v) is 8.50. The number of carbonyl (C=O) groups excluding carboxylic acids is 1. The summed E-state index contributed by atoms with van der Waals surface area (Å²) in [5, 5.41) is 7.93. The Morgan fingerprint density at radius 3 is 2.38 bits per heavy atom. The number of carbonyl (C=O) groups is 1. The zero-order valence-corrected chi connectivity index (χ0v) is 18.9. The minimum Gasteiger partial charge on any atom is -0.356 e. The SMILES string of the molecule is CN1CCN(CCCNC(=O)CCc2cn(-c3ccccc3)nc2-c2ccccc2)CC1. The highest BCUT2D eigenvalue weighted by atomic mass is 16.1. The van der Waals surface area contributed by atoms with Crippen molar-refractivity contribution < 1.29 is 4.79 Å². The van der Waals surface area contributed by atoms with Gasteiger partial charge >= 0.3 is 0 Å². The Bertz CT molecular complexity index is 978. The molecule has 0 radical (unpaired) electrons. The molecule has 2 heterocycles. The molecular weight excluding hydrogens is 398 g/mol. The van der Waals surface area contributed by atoms with Gasteiger partial charge in [-0.25, -0.2) is 4.68 Å². The lowest BCUT2D eigenvalue weighted by Crippen LogP contribution is -2.45. The summed E-state index contributed by atoms with van der Waals surface area (Å²) in [6, 6.07) is 20.3. The molecular formula is C26H33N5O. The summed E-state index contributed by atoms with van der Waals surface area (Å²) in [5.41, 5.74) is 4.12. The van der Waals surface area contributed by atoms with E-state index in [9.17, 15) is 4.79 Å². The molecule has 32 heavy (non-hydrogen) atoms. The van der Waals surface area contributed by atoms with Gasteiger partial charge in [0, 0.05) is 50.9 Å². The van der Waals surface area contributed by atoms with Crippen LogP contribution in [0.15, 0.2) is 66.9 Å². The highest BCUT2D eigenvalue weighted by molar-refractivity contribution is 5.76. The van der Waals surface area contributed by atoms with Crippen LogP contribution in [0.2, 0.25) is 0 Å². The third-order valence-corrected chi connectivity index (χ3v) is 6.05. The predicted octanol–water partition coefficient (Wildman–Crippen LogP) is 3.23. The van der Waals surface area contributed by atoms with Crippen LogP contribution in [0.3, 0.4) is 0 Å². The molecule has 168 valence electrons. The van der Waals surface area contributed by atoms with E-state index in [0.29, 0.717) is 12.8 Å². The number of aromatic nitrogens is 2. The second-order valence-electron chi connectivity index (χ2n) is 8.50. The molecule has 0 bridgehead atoms. The number of benzene rings is 2. The maximum absolute atomic E-state index is 12.5. The highest BCUT2D eigenvalue weighted by Crippen LogP contribution is 2.24. The normalized spacial score (nSPS) is 15.0. The standard InChI is InChI=1S/C26H33N5O/c1-29-17-19-30(20-18-29)16-8-15-27-25(32)14-13-23-21-31(24-11-6-3-7-12-24)28-26(23)22-9-4-2-5-10-22/h2-7,9-12,21H,8,13-20H2,1H3,(H,27,32). The smallest absolute Gasteiger partial charge is 0.220 e. The topological polar surface area (TPSA) is 53.4 Å². The number of hydrogen-bond acceptors (Lipinski definition) is 4.